The third-order valence-electron chi connectivity index (χ3n) is 18.5. The standard InChI is InChI=1S/C79H154O17P2/c1-7-9-11-13-15-17-19-21-22-23-24-25-26-27-28-30-34-39-45-52-58-64-79(84)95-74(67-89-76(81)61-55-49-43-37-35-31-32-36-41-47-53-59-71(3)4)69-93-97(85,86)91-65-73(80)66-92-98(87,88)94-70-75(68-90-77(82)62-56-50-46-40-42-48-54-60-72(5)6)96-78(83)63-57-51-44-38-33-29-20-18-16-14-12-10-8-2/h71-75,80H,7-70H2,1-6H3,(H,85,86)(H,87,88)/t73-,74-,75-/m1/s1. The Labute approximate surface area is 600 Å². The summed E-state index contributed by atoms with van der Waals surface area (Å²) >= 11 is 0. The maximum absolute atomic E-state index is 13.1. The molecule has 582 valence electrons. The van der Waals surface area contributed by atoms with Crippen LogP contribution in [0.2, 0.25) is 0 Å². The number of hydrogen-bond donors (Lipinski definition) is 3. The molecule has 0 amide bonds. The van der Waals surface area contributed by atoms with Crippen LogP contribution in [0.5, 0.6) is 0 Å². The molecule has 0 aliphatic heterocycles. The second-order valence-electron chi connectivity index (χ2n) is 29.4. The Morgan fingerprint density at radius 3 is 0.694 bits per heavy atom. The van der Waals surface area contributed by atoms with Crippen molar-refractivity contribution in [1.29, 1.82) is 0 Å². The van der Waals surface area contributed by atoms with Crippen molar-refractivity contribution in [2.24, 2.45) is 11.8 Å². The van der Waals surface area contributed by atoms with E-state index in [-0.39, 0.29) is 25.7 Å². The fourth-order valence-corrected chi connectivity index (χ4v) is 13.8. The summed E-state index contributed by atoms with van der Waals surface area (Å²) in [6.45, 7) is 9.57. The van der Waals surface area contributed by atoms with Crippen molar-refractivity contribution < 1.29 is 80.2 Å². The zero-order valence-corrected chi connectivity index (χ0v) is 65.9. The molecule has 5 atom stereocenters. The SMILES string of the molecule is CCCCCCCCCCCCCCCCCCCCCCCC(=O)O[C@H](COC(=O)CCCCCCCCCCCCCC(C)C)COP(=O)(O)OC[C@@H](O)COP(=O)(O)OC[C@@H](COC(=O)CCCCCCCCCC(C)C)OC(=O)CCCCCCCCCCCCCCC. The minimum atomic E-state index is -4.96. The summed E-state index contributed by atoms with van der Waals surface area (Å²) in [4.78, 5) is 72.9. The number of phosphoric ester groups is 2. The smallest absolute Gasteiger partial charge is 0.462 e. The zero-order chi connectivity index (χ0) is 72.1. The van der Waals surface area contributed by atoms with Gasteiger partial charge >= 0.3 is 39.5 Å². The van der Waals surface area contributed by atoms with E-state index in [0.29, 0.717) is 31.6 Å². The lowest BCUT2D eigenvalue weighted by Gasteiger charge is -2.21. The van der Waals surface area contributed by atoms with Gasteiger partial charge in [0, 0.05) is 25.7 Å². The maximum Gasteiger partial charge on any atom is 0.472 e. The molecule has 0 bridgehead atoms. The summed E-state index contributed by atoms with van der Waals surface area (Å²) < 4.78 is 68.6. The average molecular weight is 1440 g/mol. The van der Waals surface area contributed by atoms with E-state index in [2.05, 4.69) is 41.5 Å². The molecule has 17 nitrogen and oxygen atoms in total. The predicted molar refractivity (Wildman–Crippen MR) is 400 cm³/mol. The van der Waals surface area contributed by atoms with Gasteiger partial charge in [-0.1, -0.05) is 363 Å². The molecule has 0 rings (SSSR count). The Morgan fingerprint density at radius 1 is 0.276 bits per heavy atom. The Balaban J connectivity index is 5.21. The second kappa shape index (κ2) is 70.7. The van der Waals surface area contributed by atoms with Crippen LogP contribution in [0.4, 0.5) is 0 Å². The highest BCUT2D eigenvalue weighted by Gasteiger charge is 2.30. The molecule has 0 saturated heterocycles. The molecule has 0 fully saturated rings. The van der Waals surface area contributed by atoms with Crippen molar-refractivity contribution in [3.8, 4) is 0 Å². The first-order chi connectivity index (χ1) is 47.4. The van der Waals surface area contributed by atoms with Gasteiger partial charge in [-0.05, 0) is 37.5 Å². The minimum absolute atomic E-state index is 0.107. The van der Waals surface area contributed by atoms with Crippen molar-refractivity contribution >= 4 is 39.5 Å². The molecule has 0 radical (unpaired) electrons. The molecular formula is C79H154O17P2. The number of aliphatic hydroxyl groups is 1. The van der Waals surface area contributed by atoms with Crippen molar-refractivity contribution in [3.05, 3.63) is 0 Å². The van der Waals surface area contributed by atoms with Crippen LogP contribution >= 0.6 is 15.6 Å². The van der Waals surface area contributed by atoms with Gasteiger partial charge in [0.1, 0.15) is 19.3 Å². The van der Waals surface area contributed by atoms with Gasteiger partial charge in [0.05, 0.1) is 26.4 Å². The molecule has 2 unspecified atom stereocenters. The predicted octanol–water partition coefficient (Wildman–Crippen LogP) is 23.5. The van der Waals surface area contributed by atoms with Gasteiger partial charge in [0.15, 0.2) is 12.2 Å². The number of ether oxygens (including phenoxy) is 4. The number of unbranched alkanes of at least 4 members (excludes halogenated alkanes) is 48. The van der Waals surface area contributed by atoms with Crippen LogP contribution in [-0.4, -0.2) is 96.7 Å². The van der Waals surface area contributed by atoms with E-state index in [1.165, 1.54) is 225 Å². The van der Waals surface area contributed by atoms with Gasteiger partial charge in [-0.3, -0.25) is 37.3 Å². The lowest BCUT2D eigenvalue weighted by Crippen LogP contribution is -2.30. The Kier molecular flexibility index (Phi) is 69.3. The maximum atomic E-state index is 13.1. The summed E-state index contributed by atoms with van der Waals surface area (Å²) in [7, 11) is -9.91. The van der Waals surface area contributed by atoms with Crippen LogP contribution in [0.1, 0.15) is 414 Å². The molecule has 0 heterocycles. The van der Waals surface area contributed by atoms with Gasteiger partial charge in [-0.15, -0.1) is 0 Å². The molecule has 19 heteroatoms. The Morgan fingerprint density at radius 2 is 0.469 bits per heavy atom. The summed E-state index contributed by atoms with van der Waals surface area (Å²) in [6.07, 6.45) is 59.8. The number of aliphatic hydroxyl groups excluding tert-OH is 1. The highest BCUT2D eigenvalue weighted by Crippen LogP contribution is 2.45. The molecule has 0 aromatic rings. The number of carbonyl (C=O) groups excluding carboxylic acids is 4. The first-order valence-electron chi connectivity index (χ1n) is 41.0. The lowest BCUT2D eigenvalue weighted by molar-refractivity contribution is -0.161. The van der Waals surface area contributed by atoms with E-state index in [9.17, 15) is 43.2 Å². The monoisotopic (exact) mass is 1440 g/mol. The fraction of sp³-hybridized carbons (Fsp3) is 0.949. The average Bonchev–Trinajstić information content (AvgIpc) is 0.991. The number of phosphoric acid groups is 2. The van der Waals surface area contributed by atoms with Crippen LogP contribution in [0.25, 0.3) is 0 Å². The van der Waals surface area contributed by atoms with E-state index in [1.807, 2.05) is 0 Å². The molecular weight excluding hydrogens is 1280 g/mol. The first-order valence-corrected chi connectivity index (χ1v) is 44.0. The Bertz CT molecular complexity index is 1890. The first kappa shape index (κ1) is 96.1. The third kappa shape index (κ3) is 72.4. The largest absolute Gasteiger partial charge is 0.472 e. The highest BCUT2D eigenvalue weighted by atomic mass is 31.2. The summed E-state index contributed by atoms with van der Waals surface area (Å²) in [5, 5.41) is 10.6. The molecule has 0 aromatic carbocycles. The molecule has 0 aliphatic carbocycles. The Hall–Kier alpha value is -1.94. The van der Waals surface area contributed by atoms with Gasteiger partial charge < -0.3 is 33.8 Å². The molecule has 0 aliphatic rings. The van der Waals surface area contributed by atoms with Crippen LogP contribution < -0.4 is 0 Å². The third-order valence-corrected chi connectivity index (χ3v) is 20.4. The molecule has 0 aromatic heterocycles. The van der Waals surface area contributed by atoms with Crippen molar-refractivity contribution in [3.63, 3.8) is 0 Å². The van der Waals surface area contributed by atoms with Gasteiger partial charge in [-0.25, -0.2) is 9.13 Å². The van der Waals surface area contributed by atoms with Crippen LogP contribution in [0, 0.1) is 11.8 Å². The molecule has 3 N–H and O–H groups in total. The van der Waals surface area contributed by atoms with Crippen molar-refractivity contribution in [1.82, 2.24) is 0 Å². The molecule has 0 spiro atoms. The van der Waals surface area contributed by atoms with Crippen molar-refractivity contribution in [2.45, 2.75) is 432 Å². The van der Waals surface area contributed by atoms with Crippen molar-refractivity contribution in [2.75, 3.05) is 39.6 Å². The van der Waals surface area contributed by atoms with Crippen LogP contribution in [-0.2, 0) is 65.4 Å². The van der Waals surface area contributed by atoms with Crippen LogP contribution in [0.15, 0.2) is 0 Å². The van der Waals surface area contributed by atoms with E-state index in [4.69, 9.17) is 37.0 Å². The summed E-state index contributed by atoms with van der Waals surface area (Å²) in [5.74, 6) is -0.636. The van der Waals surface area contributed by atoms with Gasteiger partial charge in [0.2, 0.25) is 0 Å². The van der Waals surface area contributed by atoms with E-state index < -0.39 is 97.5 Å². The van der Waals surface area contributed by atoms with Gasteiger partial charge in [-0.2, -0.15) is 0 Å². The molecule has 0 saturated carbocycles. The van der Waals surface area contributed by atoms with Crippen LogP contribution in [0.3, 0.4) is 0 Å². The minimum Gasteiger partial charge on any atom is -0.462 e. The quantitative estimate of drug-likeness (QED) is 0.0222. The fourth-order valence-electron chi connectivity index (χ4n) is 12.2. The topological polar surface area (TPSA) is 237 Å². The molecule has 98 heavy (non-hydrogen) atoms. The van der Waals surface area contributed by atoms with Gasteiger partial charge in [0.25, 0.3) is 0 Å². The summed E-state index contributed by atoms with van der Waals surface area (Å²) in [6, 6.07) is 0. The van der Waals surface area contributed by atoms with E-state index in [0.717, 1.165) is 102 Å². The normalized spacial score (nSPS) is 13.9. The van der Waals surface area contributed by atoms with E-state index in [1.54, 1.807) is 0 Å². The number of esters is 4. The number of rotatable bonds is 78. The summed E-state index contributed by atoms with van der Waals surface area (Å²) in [5.41, 5.74) is 0. The lowest BCUT2D eigenvalue weighted by atomic mass is 10.0. The number of carbonyl (C=O) groups is 4. The second-order valence-corrected chi connectivity index (χ2v) is 32.3. The number of hydrogen-bond acceptors (Lipinski definition) is 15. The highest BCUT2D eigenvalue weighted by molar-refractivity contribution is 7.47. The van der Waals surface area contributed by atoms with E-state index >= 15 is 0 Å². The zero-order valence-electron chi connectivity index (χ0n) is 64.1.